The Kier molecular flexibility index (Phi) is 6.43. The summed E-state index contributed by atoms with van der Waals surface area (Å²) in [5.74, 6) is 0.991. The van der Waals surface area contributed by atoms with Crippen molar-refractivity contribution in [3.8, 4) is 0 Å². The molecule has 3 atom stereocenters. The van der Waals surface area contributed by atoms with Gasteiger partial charge in [0.05, 0.1) is 6.04 Å². The Bertz CT molecular complexity index is 769. The van der Waals surface area contributed by atoms with Gasteiger partial charge in [0.1, 0.15) is 0 Å². The molecule has 0 radical (unpaired) electrons. The highest BCUT2D eigenvalue weighted by molar-refractivity contribution is 6.30. The van der Waals surface area contributed by atoms with Gasteiger partial charge in [0, 0.05) is 36.3 Å². The number of halogens is 2. The Morgan fingerprint density at radius 1 is 1.04 bits per heavy atom. The van der Waals surface area contributed by atoms with Crippen molar-refractivity contribution in [1.29, 1.82) is 0 Å². The second-order valence-electron chi connectivity index (χ2n) is 7.24. The van der Waals surface area contributed by atoms with Crippen LogP contribution in [0.3, 0.4) is 0 Å². The van der Waals surface area contributed by atoms with E-state index in [0.717, 1.165) is 31.7 Å². The van der Waals surface area contributed by atoms with Gasteiger partial charge in [0.2, 0.25) is 5.91 Å². The van der Waals surface area contributed by atoms with Crippen LogP contribution in [0.1, 0.15) is 17.9 Å². The van der Waals surface area contributed by atoms with E-state index >= 15 is 0 Å². The Balaban J connectivity index is 0.00000210. The van der Waals surface area contributed by atoms with Gasteiger partial charge in [-0.1, -0.05) is 41.9 Å². The molecular weight excluding hydrogens is 381 g/mol. The molecule has 1 amide bonds. The molecule has 4 rings (SSSR count). The third-order valence-electron chi connectivity index (χ3n) is 5.76. The van der Waals surface area contributed by atoms with E-state index < -0.39 is 0 Å². The first-order chi connectivity index (χ1) is 12.7. The van der Waals surface area contributed by atoms with E-state index in [1.54, 1.807) is 0 Å². The lowest BCUT2D eigenvalue weighted by molar-refractivity contribution is -0.121. The fraction of sp³-hybridized carbons (Fsp3) is 0.381. The Morgan fingerprint density at radius 3 is 2.41 bits per heavy atom. The van der Waals surface area contributed by atoms with Crippen molar-refractivity contribution in [1.82, 2.24) is 4.90 Å². The summed E-state index contributed by atoms with van der Waals surface area (Å²) >= 11 is 5.97. The van der Waals surface area contributed by atoms with Crippen LogP contribution in [-0.4, -0.2) is 43.0 Å². The molecule has 2 aliphatic heterocycles. The van der Waals surface area contributed by atoms with Gasteiger partial charge in [0.25, 0.3) is 0 Å². The van der Waals surface area contributed by atoms with Crippen LogP contribution in [0.5, 0.6) is 0 Å². The normalized spacial score (nSPS) is 25.6. The summed E-state index contributed by atoms with van der Waals surface area (Å²) < 4.78 is 0. The maximum absolute atomic E-state index is 13.0. The Labute approximate surface area is 171 Å². The minimum atomic E-state index is -0.0477. The second kappa shape index (κ2) is 8.61. The minimum Gasteiger partial charge on any atom is -0.330 e. The molecule has 2 fully saturated rings. The molecule has 2 N–H and O–H groups in total. The van der Waals surface area contributed by atoms with Gasteiger partial charge in [0.15, 0.2) is 0 Å². The predicted octanol–water partition coefficient (Wildman–Crippen LogP) is 3.54. The van der Waals surface area contributed by atoms with Crippen molar-refractivity contribution in [3.05, 3.63) is 65.2 Å². The highest BCUT2D eigenvalue weighted by Crippen LogP contribution is 2.35. The third kappa shape index (κ3) is 3.99. The number of benzene rings is 2. The first-order valence-corrected chi connectivity index (χ1v) is 9.61. The molecule has 2 aliphatic rings. The SMILES string of the molecule is Cl.NC[C@@H]1CN(C2CCN(c3ccc(Cl)cc3)C2=O)C[C@H]1c1ccccc1. The summed E-state index contributed by atoms with van der Waals surface area (Å²) in [6, 6.07) is 18.0. The van der Waals surface area contributed by atoms with Gasteiger partial charge in [-0.3, -0.25) is 9.69 Å². The number of amides is 1. The maximum Gasteiger partial charge on any atom is 0.244 e. The molecular formula is C21H25Cl2N3O. The van der Waals surface area contributed by atoms with Gasteiger partial charge in [-0.05, 0) is 48.7 Å². The van der Waals surface area contributed by atoms with E-state index in [1.165, 1.54) is 5.56 Å². The summed E-state index contributed by atoms with van der Waals surface area (Å²) in [6.07, 6.45) is 0.861. The van der Waals surface area contributed by atoms with E-state index in [2.05, 4.69) is 29.2 Å². The van der Waals surface area contributed by atoms with Crippen LogP contribution in [0.2, 0.25) is 5.02 Å². The first kappa shape index (κ1) is 20.2. The fourth-order valence-electron chi connectivity index (χ4n) is 4.36. The molecule has 6 heteroatoms. The summed E-state index contributed by atoms with van der Waals surface area (Å²) in [4.78, 5) is 17.3. The molecule has 0 aliphatic carbocycles. The lowest BCUT2D eigenvalue weighted by atomic mass is 9.89. The van der Waals surface area contributed by atoms with Crippen molar-refractivity contribution in [2.45, 2.75) is 18.4 Å². The lowest BCUT2D eigenvalue weighted by Gasteiger charge is -2.23. The number of anilines is 1. The number of hydrogen-bond acceptors (Lipinski definition) is 3. The molecule has 2 aromatic carbocycles. The number of carbonyl (C=O) groups excluding carboxylic acids is 1. The Morgan fingerprint density at radius 2 is 1.74 bits per heavy atom. The standard InChI is InChI=1S/C21H24ClN3O.ClH/c22-17-6-8-18(9-7-17)25-11-10-20(21(25)26)24-13-16(12-23)19(14-24)15-4-2-1-3-5-15;/h1-9,16,19-20H,10-14,23H2;1H/t16-,19+,20?;/m1./s1. The van der Waals surface area contributed by atoms with E-state index in [9.17, 15) is 4.79 Å². The molecule has 2 aromatic rings. The van der Waals surface area contributed by atoms with Gasteiger partial charge in [-0.25, -0.2) is 0 Å². The van der Waals surface area contributed by atoms with Gasteiger partial charge >= 0.3 is 0 Å². The molecule has 1 unspecified atom stereocenters. The molecule has 2 saturated heterocycles. The average Bonchev–Trinajstić information content (AvgIpc) is 3.26. The molecule has 0 bridgehead atoms. The van der Waals surface area contributed by atoms with Crippen LogP contribution < -0.4 is 10.6 Å². The number of nitrogens with zero attached hydrogens (tertiary/aromatic N) is 2. The largest absolute Gasteiger partial charge is 0.330 e. The highest BCUT2D eigenvalue weighted by Gasteiger charge is 2.42. The van der Waals surface area contributed by atoms with Gasteiger partial charge < -0.3 is 10.6 Å². The molecule has 0 saturated carbocycles. The average molecular weight is 406 g/mol. The van der Waals surface area contributed by atoms with E-state index in [-0.39, 0.29) is 24.4 Å². The molecule has 144 valence electrons. The zero-order valence-corrected chi connectivity index (χ0v) is 16.7. The molecule has 0 spiro atoms. The summed E-state index contributed by atoms with van der Waals surface area (Å²) in [5.41, 5.74) is 8.31. The number of nitrogens with two attached hydrogens (primary N) is 1. The lowest BCUT2D eigenvalue weighted by Crippen LogP contribution is -2.41. The van der Waals surface area contributed by atoms with Crippen molar-refractivity contribution >= 4 is 35.6 Å². The number of likely N-dealkylation sites (tertiary alicyclic amines) is 1. The molecule has 4 nitrogen and oxygen atoms in total. The van der Waals surface area contributed by atoms with Crippen LogP contribution in [0.4, 0.5) is 5.69 Å². The van der Waals surface area contributed by atoms with Crippen molar-refractivity contribution < 1.29 is 4.79 Å². The maximum atomic E-state index is 13.0. The third-order valence-corrected chi connectivity index (χ3v) is 6.01. The summed E-state index contributed by atoms with van der Waals surface area (Å²) in [5, 5.41) is 0.688. The number of carbonyl (C=O) groups is 1. The molecule has 2 heterocycles. The van der Waals surface area contributed by atoms with E-state index in [0.29, 0.717) is 23.4 Å². The quantitative estimate of drug-likeness (QED) is 0.845. The summed E-state index contributed by atoms with van der Waals surface area (Å²) in [7, 11) is 0. The zero-order chi connectivity index (χ0) is 18.1. The van der Waals surface area contributed by atoms with Crippen LogP contribution in [0.15, 0.2) is 54.6 Å². The molecule has 0 aromatic heterocycles. The minimum absolute atomic E-state index is 0. The number of hydrogen-bond donors (Lipinski definition) is 1. The number of rotatable bonds is 4. The van der Waals surface area contributed by atoms with Crippen LogP contribution in [-0.2, 0) is 4.79 Å². The van der Waals surface area contributed by atoms with Crippen molar-refractivity contribution in [2.75, 3.05) is 31.1 Å². The van der Waals surface area contributed by atoms with Crippen molar-refractivity contribution in [2.24, 2.45) is 11.7 Å². The smallest absolute Gasteiger partial charge is 0.244 e. The van der Waals surface area contributed by atoms with E-state index in [4.69, 9.17) is 17.3 Å². The van der Waals surface area contributed by atoms with Gasteiger partial charge in [-0.2, -0.15) is 0 Å². The van der Waals surface area contributed by atoms with Crippen LogP contribution in [0.25, 0.3) is 0 Å². The van der Waals surface area contributed by atoms with Gasteiger partial charge in [-0.15, -0.1) is 12.4 Å². The highest BCUT2D eigenvalue weighted by atomic mass is 35.5. The van der Waals surface area contributed by atoms with E-state index in [1.807, 2.05) is 35.2 Å². The Hall–Kier alpha value is -1.59. The molecule has 27 heavy (non-hydrogen) atoms. The first-order valence-electron chi connectivity index (χ1n) is 9.23. The van der Waals surface area contributed by atoms with Crippen LogP contribution >= 0.6 is 24.0 Å². The predicted molar refractivity (Wildman–Crippen MR) is 113 cm³/mol. The second-order valence-corrected chi connectivity index (χ2v) is 7.67. The summed E-state index contributed by atoms with van der Waals surface area (Å²) in [6.45, 7) is 3.19. The fourth-order valence-corrected chi connectivity index (χ4v) is 4.48. The zero-order valence-electron chi connectivity index (χ0n) is 15.1. The monoisotopic (exact) mass is 405 g/mol. The topological polar surface area (TPSA) is 49.6 Å². The van der Waals surface area contributed by atoms with Crippen LogP contribution in [0, 0.1) is 5.92 Å². The van der Waals surface area contributed by atoms with Crippen molar-refractivity contribution in [3.63, 3.8) is 0 Å².